The smallest absolute Gasteiger partial charge is 0.156 e. The van der Waals surface area contributed by atoms with Gasteiger partial charge in [-0.2, -0.15) is 0 Å². The van der Waals surface area contributed by atoms with Gasteiger partial charge in [-0.3, -0.25) is 0 Å². The first-order valence-corrected chi connectivity index (χ1v) is 5.55. The fourth-order valence-corrected chi connectivity index (χ4v) is 1.38. The van der Waals surface area contributed by atoms with Crippen molar-refractivity contribution in [3.8, 4) is 0 Å². The number of nitrogens with two attached hydrogens (primary N) is 2. The Labute approximate surface area is 105 Å². The number of rotatable bonds is 5. The molecule has 0 aromatic heterocycles. The third-order valence-electron chi connectivity index (χ3n) is 2.42. The molecule has 0 saturated carbocycles. The normalized spacial score (nSPS) is 12.3. The summed E-state index contributed by atoms with van der Waals surface area (Å²) in [5.74, 6) is -1.40. The van der Waals surface area contributed by atoms with Crippen LogP contribution >= 0.6 is 0 Å². The summed E-state index contributed by atoms with van der Waals surface area (Å²) >= 11 is 0. The zero-order chi connectivity index (χ0) is 13.5. The van der Waals surface area contributed by atoms with Crippen LogP contribution in [0.25, 0.3) is 6.08 Å². The molecule has 98 valence electrons. The van der Waals surface area contributed by atoms with Gasteiger partial charge in [-0.05, 0) is 30.8 Å². The lowest BCUT2D eigenvalue weighted by Crippen LogP contribution is -2.08. The fraction of sp³-hybridized carbons (Fsp3) is 0.231. The minimum absolute atomic E-state index is 0.0791. The average Bonchev–Trinajstić information content (AvgIpc) is 2.37. The van der Waals surface area contributed by atoms with Crippen molar-refractivity contribution in [1.82, 2.24) is 5.32 Å². The Balaban J connectivity index is 2.99. The molecule has 0 atom stereocenters. The van der Waals surface area contributed by atoms with Gasteiger partial charge in [0.1, 0.15) is 5.82 Å². The third-order valence-corrected chi connectivity index (χ3v) is 2.42. The lowest BCUT2D eigenvalue weighted by Gasteiger charge is -2.03. The number of hydrogen-bond acceptors (Lipinski definition) is 3. The van der Waals surface area contributed by atoms with Gasteiger partial charge < -0.3 is 16.8 Å². The van der Waals surface area contributed by atoms with Crippen molar-refractivity contribution >= 4 is 11.8 Å². The molecule has 0 amide bonds. The molecular weight excluding hydrogens is 236 g/mol. The summed E-state index contributed by atoms with van der Waals surface area (Å²) in [5.41, 5.74) is 11.5. The first-order valence-electron chi connectivity index (χ1n) is 5.55. The summed E-state index contributed by atoms with van der Waals surface area (Å²) in [6.07, 6.45) is 4.77. The van der Waals surface area contributed by atoms with E-state index < -0.39 is 11.6 Å². The van der Waals surface area contributed by atoms with E-state index in [-0.39, 0.29) is 11.3 Å². The van der Waals surface area contributed by atoms with Crippen LogP contribution < -0.4 is 16.8 Å². The molecule has 0 unspecified atom stereocenters. The molecule has 1 aromatic rings. The highest BCUT2D eigenvalue weighted by Gasteiger charge is 2.08. The second-order valence-corrected chi connectivity index (χ2v) is 3.74. The van der Waals surface area contributed by atoms with Crippen LogP contribution in [0.5, 0.6) is 0 Å². The Hall–Kier alpha value is -1.72. The molecule has 18 heavy (non-hydrogen) atoms. The van der Waals surface area contributed by atoms with Gasteiger partial charge in [0, 0.05) is 18.7 Å². The fourth-order valence-electron chi connectivity index (χ4n) is 1.38. The minimum Gasteiger partial charge on any atom is -0.396 e. The average molecular weight is 253 g/mol. The van der Waals surface area contributed by atoms with Crippen LogP contribution in [0.1, 0.15) is 5.56 Å². The van der Waals surface area contributed by atoms with Gasteiger partial charge in [0.2, 0.25) is 0 Å². The van der Waals surface area contributed by atoms with E-state index in [1.54, 1.807) is 13.1 Å². The zero-order valence-corrected chi connectivity index (χ0v) is 10.2. The van der Waals surface area contributed by atoms with Crippen molar-refractivity contribution < 1.29 is 8.78 Å². The highest BCUT2D eigenvalue weighted by atomic mass is 19.1. The highest BCUT2D eigenvalue weighted by molar-refractivity contribution is 5.59. The number of halogens is 2. The topological polar surface area (TPSA) is 64.1 Å². The van der Waals surface area contributed by atoms with Gasteiger partial charge in [-0.1, -0.05) is 12.2 Å². The largest absolute Gasteiger partial charge is 0.396 e. The van der Waals surface area contributed by atoms with Crippen LogP contribution in [-0.4, -0.2) is 20.1 Å². The van der Waals surface area contributed by atoms with Crippen molar-refractivity contribution in [2.24, 2.45) is 5.73 Å². The Kier molecular flexibility index (Phi) is 5.48. The van der Waals surface area contributed by atoms with Crippen LogP contribution in [0, 0.1) is 11.6 Å². The van der Waals surface area contributed by atoms with Gasteiger partial charge in [-0.15, -0.1) is 0 Å². The van der Waals surface area contributed by atoms with Crippen molar-refractivity contribution in [2.75, 3.05) is 25.9 Å². The van der Waals surface area contributed by atoms with Crippen LogP contribution in [-0.2, 0) is 0 Å². The van der Waals surface area contributed by atoms with Crippen molar-refractivity contribution in [2.45, 2.75) is 0 Å². The molecule has 0 aliphatic rings. The second-order valence-electron chi connectivity index (χ2n) is 3.74. The summed E-state index contributed by atoms with van der Waals surface area (Å²) in [4.78, 5) is 0. The Morgan fingerprint density at radius 3 is 2.72 bits per heavy atom. The van der Waals surface area contributed by atoms with Crippen molar-refractivity contribution in [1.29, 1.82) is 0 Å². The molecule has 0 aliphatic heterocycles. The molecule has 3 nitrogen and oxygen atoms in total. The molecule has 0 bridgehead atoms. The standard InChI is InChI=1S/C13H17F2N3/c1-18-7-6-9(8-16)2-3-10-11(14)4-5-12(17)13(10)15/h2-6,18H,7-8,16-17H2,1H3/b3-2?,9-6-. The van der Waals surface area contributed by atoms with Gasteiger partial charge in [0.15, 0.2) is 5.82 Å². The monoisotopic (exact) mass is 253 g/mol. The quantitative estimate of drug-likeness (QED) is 0.552. The maximum absolute atomic E-state index is 13.6. The lowest BCUT2D eigenvalue weighted by atomic mass is 10.1. The van der Waals surface area contributed by atoms with Crippen LogP contribution in [0.2, 0.25) is 0 Å². The van der Waals surface area contributed by atoms with E-state index in [1.165, 1.54) is 12.1 Å². The summed E-state index contributed by atoms with van der Waals surface area (Å²) in [6.45, 7) is 0.933. The van der Waals surface area contributed by atoms with Crippen molar-refractivity contribution in [3.63, 3.8) is 0 Å². The van der Waals surface area contributed by atoms with E-state index >= 15 is 0 Å². The van der Waals surface area contributed by atoms with Crippen molar-refractivity contribution in [3.05, 3.63) is 47.1 Å². The molecule has 0 fully saturated rings. The highest BCUT2D eigenvalue weighted by Crippen LogP contribution is 2.20. The maximum atomic E-state index is 13.6. The zero-order valence-electron chi connectivity index (χ0n) is 10.2. The first kappa shape index (κ1) is 14.3. The maximum Gasteiger partial charge on any atom is 0.156 e. The van der Waals surface area contributed by atoms with E-state index in [2.05, 4.69) is 5.32 Å². The molecule has 5 N–H and O–H groups in total. The predicted molar refractivity (Wildman–Crippen MR) is 70.9 cm³/mol. The molecule has 0 heterocycles. The SMILES string of the molecule is CNC/C=C(/C=Cc1c(F)ccc(N)c1F)CN. The molecular formula is C13H17F2N3. The third kappa shape index (κ3) is 3.65. The summed E-state index contributed by atoms with van der Waals surface area (Å²) in [7, 11) is 1.80. The lowest BCUT2D eigenvalue weighted by molar-refractivity contribution is 0.581. The Morgan fingerprint density at radius 1 is 1.39 bits per heavy atom. The molecule has 0 aliphatic carbocycles. The number of hydrogen-bond donors (Lipinski definition) is 3. The van der Waals surface area contributed by atoms with E-state index in [1.807, 2.05) is 6.08 Å². The number of anilines is 1. The van der Waals surface area contributed by atoms with Crippen LogP contribution in [0.3, 0.4) is 0 Å². The van der Waals surface area contributed by atoms with Gasteiger partial charge in [0.25, 0.3) is 0 Å². The van der Waals surface area contributed by atoms with E-state index in [9.17, 15) is 8.78 Å². The first-order chi connectivity index (χ1) is 8.60. The van der Waals surface area contributed by atoms with Gasteiger partial charge in [0.05, 0.1) is 5.69 Å². The molecule has 0 saturated heterocycles. The molecule has 5 heteroatoms. The summed E-state index contributed by atoms with van der Waals surface area (Å²) in [5, 5.41) is 2.93. The Morgan fingerprint density at radius 2 is 2.11 bits per heavy atom. The minimum atomic E-state index is -0.753. The predicted octanol–water partition coefficient (Wildman–Crippen LogP) is 1.66. The van der Waals surface area contributed by atoms with Crippen LogP contribution in [0.4, 0.5) is 14.5 Å². The summed E-state index contributed by atoms with van der Waals surface area (Å²) < 4.78 is 27.0. The van der Waals surface area contributed by atoms with E-state index in [0.717, 1.165) is 11.6 Å². The second kappa shape index (κ2) is 6.88. The molecule has 1 aromatic carbocycles. The number of likely N-dealkylation sites (N-methyl/N-ethyl adjacent to an activating group) is 1. The molecule has 0 radical (unpaired) electrons. The van der Waals surface area contributed by atoms with E-state index in [0.29, 0.717) is 13.1 Å². The van der Waals surface area contributed by atoms with Gasteiger partial charge >= 0.3 is 0 Å². The summed E-state index contributed by atoms with van der Waals surface area (Å²) in [6, 6.07) is 2.33. The molecule has 1 rings (SSSR count). The van der Waals surface area contributed by atoms with E-state index in [4.69, 9.17) is 11.5 Å². The number of nitrogens with one attached hydrogen (secondary N) is 1. The number of benzene rings is 1. The van der Waals surface area contributed by atoms with Gasteiger partial charge in [-0.25, -0.2) is 8.78 Å². The number of nitrogen functional groups attached to an aromatic ring is 1. The Bertz CT molecular complexity index is 468. The van der Waals surface area contributed by atoms with Crippen LogP contribution in [0.15, 0.2) is 29.9 Å². The molecule has 0 spiro atoms.